The van der Waals surface area contributed by atoms with Gasteiger partial charge in [-0.1, -0.05) is 12.1 Å². The predicted octanol–water partition coefficient (Wildman–Crippen LogP) is 4.05. The van der Waals surface area contributed by atoms with Crippen molar-refractivity contribution in [2.75, 3.05) is 23.4 Å². The number of nitrogens with zero attached hydrogens (tertiary/aromatic N) is 1. The highest BCUT2D eigenvalue weighted by Crippen LogP contribution is 2.45. The van der Waals surface area contributed by atoms with Crippen LogP contribution in [0.3, 0.4) is 0 Å². The number of thioether (sulfide) groups is 2. The van der Waals surface area contributed by atoms with Crippen LogP contribution in [0.15, 0.2) is 48.5 Å². The summed E-state index contributed by atoms with van der Waals surface area (Å²) in [5.41, 5.74) is 2.49. The monoisotopic (exact) mass is 356 g/mol. The molecule has 1 aliphatic rings. The molecule has 1 aliphatic heterocycles. The van der Waals surface area contributed by atoms with Crippen molar-refractivity contribution in [2.24, 2.45) is 0 Å². The van der Waals surface area contributed by atoms with E-state index in [4.69, 9.17) is 10.00 Å². The van der Waals surface area contributed by atoms with Gasteiger partial charge in [0.25, 0.3) is 5.91 Å². The third kappa shape index (κ3) is 4.47. The quantitative estimate of drug-likeness (QED) is 0.875. The lowest BCUT2D eigenvalue weighted by atomic mass is 10.2. The Balaban J connectivity index is 1.49. The molecule has 24 heavy (non-hydrogen) atoms. The maximum atomic E-state index is 11.9. The Morgan fingerprint density at radius 2 is 1.79 bits per heavy atom. The second-order valence-electron chi connectivity index (χ2n) is 5.17. The Hall–Kier alpha value is -2.10. The van der Waals surface area contributed by atoms with Crippen molar-refractivity contribution in [3.05, 3.63) is 59.7 Å². The van der Waals surface area contributed by atoms with Gasteiger partial charge in [0.2, 0.25) is 0 Å². The average molecular weight is 356 g/mol. The molecule has 1 fully saturated rings. The minimum atomic E-state index is -0.231. The second kappa shape index (κ2) is 8.13. The zero-order valence-corrected chi connectivity index (χ0v) is 14.5. The van der Waals surface area contributed by atoms with Gasteiger partial charge in [-0.15, -0.1) is 23.5 Å². The number of rotatable bonds is 5. The Bertz CT molecular complexity index is 733. The van der Waals surface area contributed by atoms with Crippen LogP contribution in [-0.2, 0) is 4.79 Å². The van der Waals surface area contributed by atoms with Crippen LogP contribution in [0.5, 0.6) is 5.75 Å². The second-order valence-corrected chi connectivity index (χ2v) is 7.89. The lowest BCUT2D eigenvalue weighted by Gasteiger charge is -2.10. The summed E-state index contributed by atoms with van der Waals surface area (Å²) >= 11 is 3.92. The Labute approximate surface area is 149 Å². The molecule has 0 saturated carbocycles. The summed E-state index contributed by atoms with van der Waals surface area (Å²) in [4.78, 5) is 11.9. The largest absolute Gasteiger partial charge is 0.484 e. The molecule has 1 saturated heterocycles. The summed E-state index contributed by atoms with van der Waals surface area (Å²) in [5.74, 6) is 2.85. The summed E-state index contributed by atoms with van der Waals surface area (Å²) < 4.78 is 6.04. The summed E-state index contributed by atoms with van der Waals surface area (Å²) in [7, 11) is 0. The van der Waals surface area contributed by atoms with Crippen molar-refractivity contribution in [2.45, 2.75) is 4.58 Å². The molecule has 0 unspecified atom stereocenters. The topological polar surface area (TPSA) is 62.1 Å². The smallest absolute Gasteiger partial charge is 0.262 e. The van der Waals surface area contributed by atoms with E-state index >= 15 is 0 Å². The Morgan fingerprint density at radius 3 is 2.42 bits per heavy atom. The molecule has 0 aliphatic carbocycles. The van der Waals surface area contributed by atoms with E-state index in [9.17, 15) is 4.79 Å². The van der Waals surface area contributed by atoms with Crippen LogP contribution in [0, 0.1) is 11.3 Å². The SMILES string of the molecule is N#Cc1ccc(NC(=O)COc2ccc(C3SCCS3)cc2)cc1. The molecule has 0 atom stereocenters. The number of anilines is 1. The number of hydrogen-bond donors (Lipinski definition) is 1. The van der Waals surface area contributed by atoms with E-state index in [0.717, 1.165) is 0 Å². The summed E-state index contributed by atoms with van der Waals surface area (Å²) in [6, 6.07) is 16.7. The van der Waals surface area contributed by atoms with Crippen LogP contribution < -0.4 is 10.1 Å². The van der Waals surface area contributed by atoms with Gasteiger partial charge < -0.3 is 10.1 Å². The molecule has 6 heteroatoms. The third-order valence-electron chi connectivity index (χ3n) is 3.44. The minimum absolute atomic E-state index is 0.0493. The molecular weight excluding hydrogens is 340 g/mol. The van der Waals surface area contributed by atoms with Gasteiger partial charge in [0.05, 0.1) is 16.2 Å². The van der Waals surface area contributed by atoms with Gasteiger partial charge in [0.15, 0.2) is 6.61 Å². The Morgan fingerprint density at radius 1 is 1.12 bits per heavy atom. The van der Waals surface area contributed by atoms with E-state index in [1.165, 1.54) is 17.1 Å². The maximum absolute atomic E-state index is 11.9. The van der Waals surface area contributed by atoms with Gasteiger partial charge in [0, 0.05) is 17.2 Å². The molecule has 0 spiro atoms. The molecule has 1 N–H and O–H groups in total. The van der Waals surface area contributed by atoms with Crippen LogP contribution >= 0.6 is 23.5 Å². The Kier molecular flexibility index (Phi) is 5.68. The van der Waals surface area contributed by atoms with Gasteiger partial charge in [-0.25, -0.2) is 0 Å². The molecule has 0 radical (unpaired) electrons. The number of nitriles is 1. The summed E-state index contributed by atoms with van der Waals surface area (Å²) in [6.45, 7) is -0.0493. The molecular formula is C18H16N2O2S2. The fraction of sp³-hybridized carbons (Fsp3) is 0.222. The highest BCUT2D eigenvalue weighted by molar-refractivity contribution is 8.19. The van der Waals surface area contributed by atoms with E-state index in [1.807, 2.05) is 41.7 Å². The van der Waals surface area contributed by atoms with Gasteiger partial charge in [0.1, 0.15) is 5.75 Å². The molecule has 1 heterocycles. The molecule has 2 aromatic rings. The van der Waals surface area contributed by atoms with Crippen molar-refractivity contribution in [1.82, 2.24) is 0 Å². The van der Waals surface area contributed by atoms with Crippen LogP contribution in [0.1, 0.15) is 15.7 Å². The summed E-state index contributed by atoms with van der Waals surface area (Å²) in [6.07, 6.45) is 0. The van der Waals surface area contributed by atoms with E-state index in [-0.39, 0.29) is 12.5 Å². The fourth-order valence-corrected chi connectivity index (χ4v) is 5.11. The standard InChI is InChI=1S/C18H16N2O2S2/c19-11-13-1-5-15(6-2-13)20-17(21)12-22-16-7-3-14(4-8-16)18-23-9-10-24-18/h1-8,18H,9-10,12H2,(H,20,21). The zero-order chi connectivity index (χ0) is 16.8. The van der Waals surface area contributed by atoms with Crippen molar-refractivity contribution < 1.29 is 9.53 Å². The van der Waals surface area contributed by atoms with E-state index in [0.29, 0.717) is 21.6 Å². The predicted molar refractivity (Wildman–Crippen MR) is 99.4 cm³/mol. The van der Waals surface area contributed by atoms with Crippen molar-refractivity contribution in [1.29, 1.82) is 5.26 Å². The first-order valence-corrected chi connectivity index (χ1v) is 9.60. The van der Waals surface area contributed by atoms with Crippen molar-refractivity contribution in [3.63, 3.8) is 0 Å². The number of hydrogen-bond acceptors (Lipinski definition) is 5. The van der Waals surface area contributed by atoms with Crippen molar-refractivity contribution in [3.8, 4) is 11.8 Å². The molecule has 122 valence electrons. The van der Waals surface area contributed by atoms with E-state index in [1.54, 1.807) is 24.3 Å². The fourth-order valence-electron chi connectivity index (χ4n) is 2.25. The zero-order valence-electron chi connectivity index (χ0n) is 12.9. The van der Waals surface area contributed by atoms with Gasteiger partial charge >= 0.3 is 0 Å². The average Bonchev–Trinajstić information content (AvgIpc) is 3.16. The maximum Gasteiger partial charge on any atom is 0.262 e. The first kappa shape index (κ1) is 16.7. The molecule has 3 rings (SSSR count). The van der Waals surface area contributed by atoms with E-state index < -0.39 is 0 Å². The number of carbonyl (C=O) groups excluding carboxylic acids is 1. The molecule has 2 aromatic carbocycles. The van der Waals surface area contributed by atoms with E-state index in [2.05, 4.69) is 17.4 Å². The number of ether oxygens (including phenoxy) is 1. The first-order valence-electron chi connectivity index (χ1n) is 7.50. The van der Waals surface area contributed by atoms with Gasteiger partial charge in [-0.2, -0.15) is 5.26 Å². The molecule has 0 bridgehead atoms. The van der Waals surface area contributed by atoms with Crippen LogP contribution in [-0.4, -0.2) is 24.0 Å². The number of nitrogens with one attached hydrogen (secondary N) is 1. The third-order valence-corrected chi connectivity index (χ3v) is 6.55. The van der Waals surface area contributed by atoms with Crippen molar-refractivity contribution >= 4 is 35.1 Å². The minimum Gasteiger partial charge on any atom is -0.484 e. The number of amides is 1. The molecule has 1 amide bonds. The van der Waals surface area contributed by atoms with Crippen LogP contribution in [0.4, 0.5) is 5.69 Å². The number of carbonyl (C=O) groups is 1. The lowest BCUT2D eigenvalue weighted by molar-refractivity contribution is -0.118. The van der Waals surface area contributed by atoms with Gasteiger partial charge in [-0.3, -0.25) is 4.79 Å². The molecule has 4 nitrogen and oxygen atoms in total. The normalized spacial score (nSPS) is 14.1. The molecule has 0 aromatic heterocycles. The lowest BCUT2D eigenvalue weighted by Crippen LogP contribution is -2.20. The highest BCUT2D eigenvalue weighted by Gasteiger charge is 2.17. The van der Waals surface area contributed by atoms with Crippen LogP contribution in [0.2, 0.25) is 0 Å². The summed E-state index contributed by atoms with van der Waals surface area (Å²) in [5, 5.41) is 11.5. The van der Waals surface area contributed by atoms with Crippen LogP contribution in [0.25, 0.3) is 0 Å². The highest BCUT2D eigenvalue weighted by atomic mass is 32.2. The van der Waals surface area contributed by atoms with Gasteiger partial charge in [-0.05, 0) is 42.0 Å². The number of benzene rings is 2. The first-order chi connectivity index (χ1) is 11.7.